The summed E-state index contributed by atoms with van der Waals surface area (Å²) in [5.41, 5.74) is 9.50. The SMILES string of the molecule is COc1cc(-c2c(-c3ccc(Br)s3)noc2N)ccc1C. The van der Waals surface area contributed by atoms with Crippen LogP contribution in [0.3, 0.4) is 0 Å². The second-order valence-electron chi connectivity index (χ2n) is 4.56. The first-order chi connectivity index (χ1) is 10.1. The topological polar surface area (TPSA) is 61.3 Å². The van der Waals surface area contributed by atoms with Gasteiger partial charge in [0.05, 0.1) is 21.3 Å². The van der Waals surface area contributed by atoms with Crippen LogP contribution in [0.15, 0.2) is 38.6 Å². The van der Waals surface area contributed by atoms with Gasteiger partial charge in [-0.1, -0.05) is 17.3 Å². The summed E-state index contributed by atoms with van der Waals surface area (Å²) in [6.07, 6.45) is 0. The van der Waals surface area contributed by atoms with E-state index in [4.69, 9.17) is 15.0 Å². The Labute approximate surface area is 134 Å². The predicted octanol–water partition coefficient (Wildman–Crippen LogP) is 4.73. The van der Waals surface area contributed by atoms with Crippen LogP contribution in [0.25, 0.3) is 21.7 Å². The molecule has 0 radical (unpaired) electrons. The minimum atomic E-state index is 0.306. The van der Waals surface area contributed by atoms with Gasteiger partial charge in [0, 0.05) is 0 Å². The Hall–Kier alpha value is -1.79. The molecule has 6 heteroatoms. The number of anilines is 1. The second kappa shape index (κ2) is 5.54. The molecule has 3 aromatic rings. The number of aromatic nitrogens is 1. The molecular formula is C15H13BrN2O2S. The van der Waals surface area contributed by atoms with Crippen molar-refractivity contribution in [3.05, 3.63) is 39.7 Å². The molecule has 3 rings (SSSR count). The Kier molecular flexibility index (Phi) is 3.73. The lowest BCUT2D eigenvalue weighted by Gasteiger charge is -2.07. The van der Waals surface area contributed by atoms with Gasteiger partial charge in [-0.2, -0.15) is 0 Å². The molecule has 2 aromatic heterocycles. The molecule has 1 aromatic carbocycles. The molecule has 0 spiro atoms. The fourth-order valence-corrected chi connectivity index (χ4v) is 3.54. The highest BCUT2D eigenvalue weighted by Crippen LogP contribution is 2.41. The molecule has 0 fully saturated rings. The number of methoxy groups -OCH3 is 1. The molecule has 2 N–H and O–H groups in total. The molecule has 21 heavy (non-hydrogen) atoms. The molecule has 0 amide bonds. The standard InChI is InChI=1S/C15H13BrN2O2S/c1-8-3-4-9(7-10(8)19-2)13-14(18-20-15(13)17)11-5-6-12(16)21-11/h3-7H,17H2,1-2H3. The van der Waals surface area contributed by atoms with Crippen LogP contribution in [0.4, 0.5) is 5.88 Å². The Morgan fingerprint density at radius 3 is 2.76 bits per heavy atom. The van der Waals surface area contributed by atoms with Crippen LogP contribution in [-0.2, 0) is 0 Å². The predicted molar refractivity (Wildman–Crippen MR) is 88.7 cm³/mol. The maximum Gasteiger partial charge on any atom is 0.230 e. The summed E-state index contributed by atoms with van der Waals surface area (Å²) in [4.78, 5) is 0.997. The van der Waals surface area contributed by atoms with E-state index in [1.54, 1.807) is 18.4 Å². The van der Waals surface area contributed by atoms with Gasteiger partial charge >= 0.3 is 0 Å². The Balaban J connectivity index is 2.17. The number of ether oxygens (including phenoxy) is 1. The van der Waals surface area contributed by atoms with Crippen molar-refractivity contribution < 1.29 is 9.26 Å². The number of hydrogen-bond acceptors (Lipinski definition) is 5. The smallest absolute Gasteiger partial charge is 0.230 e. The largest absolute Gasteiger partial charge is 0.496 e. The average Bonchev–Trinajstić information content (AvgIpc) is 3.05. The number of hydrogen-bond donors (Lipinski definition) is 1. The Morgan fingerprint density at radius 1 is 1.29 bits per heavy atom. The first-order valence-electron chi connectivity index (χ1n) is 6.26. The molecule has 108 valence electrons. The van der Waals surface area contributed by atoms with E-state index in [-0.39, 0.29) is 0 Å². The van der Waals surface area contributed by atoms with Crippen molar-refractivity contribution in [3.63, 3.8) is 0 Å². The molecule has 0 aliphatic carbocycles. The normalized spacial score (nSPS) is 10.8. The average molecular weight is 365 g/mol. The van der Waals surface area contributed by atoms with Crippen LogP contribution < -0.4 is 10.5 Å². The lowest BCUT2D eigenvalue weighted by molar-refractivity contribution is 0.412. The maximum absolute atomic E-state index is 5.97. The monoisotopic (exact) mass is 364 g/mol. The zero-order valence-corrected chi connectivity index (χ0v) is 13.9. The maximum atomic E-state index is 5.97. The minimum Gasteiger partial charge on any atom is -0.496 e. The molecular weight excluding hydrogens is 352 g/mol. The van der Waals surface area contributed by atoms with Gasteiger partial charge in [-0.05, 0) is 52.2 Å². The number of nitrogens with zero attached hydrogens (tertiary/aromatic N) is 1. The highest BCUT2D eigenvalue weighted by Gasteiger charge is 2.19. The molecule has 4 nitrogen and oxygen atoms in total. The third kappa shape index (κ3) is 2.56. The molecule has 0 saturated carbocycles. The molecule has 0 aliphatic heterocycles. The number of nitrogen functional groups attached to an aromatic ring is 1. The van der Waals surface area contributed by atoms with Gasteiger partial charge in [-0.25, -0.2) is 0 Å². The molecule has 0 unspecified atom stereocenters. The number of halogens is 1. The summed E-state index contributed by atoms with van der Waals surface area (Å²) < 4.78 is 11.6. The number of nitrogens with two attached hydrogens (primary N) is 1. The third-order valence-electron chi connectivity index (χ3n) is 3.22. The van der Waals surface area contributed by atoms with E-state index in [0.29, 0.717) is 5.88 Å². The number of aryl methyl sites for hydroxylation is 1. The van der Waals surface area contributed by atoms with E-state index >= 15 is 0 Å². The van der Waals surface area contributed by atoms with E-state index in [0.717, 1.165) is 36.8 Å². The van der Waals surface area contributed by atoms with Crippen LogP contribution in [-0.4, -0.2) is 12.3 Å². The summed E-state index contributed by atoms with van der Waals surface area (Å²) in [5.74, 6) is 1.12. The molecule has 2 heterocycles. The molecule has 0 bridgehead atoms. The van der Waals surface area contributed by atoms with Crippen molar-refractivity contribution in [3.8, 4) is 27.4 Å². The van der Waals surface area contributed by atoms with Gasteiger partial charge in [-0.15, -0.1) is 11.3 Å². The zero-order chi connectivity index (χ0) is 15.0. The lowest BCUT2D eigenvalue weighted by Crippen LogP contribution is -1.90. The van der Waals surface area contributed by atoms with Gasteiger partial charge < -0.3 is 15.0 Å². The van der Waals surface area contributed by atoms with Gasteiger partial charge in [0.2, 0.25) is 5.88 Å². The summed E-state index contributed by atoms with van der Waals surface area (Å²) >= 11 is 5.04. The van der Waals surface area contributed by atoms with Crippen LogP contribution in [0.2, 0.25) is 0 Å². The van der Waals surface area contributed by atoms with E-state index in [2.05, 4.69) is 21.1 Å². The fraction of sp³-hybridized carbons (Fsp3) is 0.133. The summed E-state index contributed by atoms with van der Waals surface area (Å²) in [7, 11) is 1.65. The second-order valence-corrected chi connectivity index (χ2v) is 7.02. The first-order valence-corrected chi connectivity index (χ1v) is 7.87. The molecule has 0 atom stereocenters. The highest BCUT2D eigenvalue weighted by atomic mass is 79.9. The van der Waals surface area contributed by atoms with E-state index in [1.165, 1.54) is 0 Å². The Morgan fingerprint density at radius 2 is 2.10 bits per heavy atom. The molecule has 0 aliphatic rings. The van der Waals surface area contributed by atoms with Gasteiger partial charge in [0.1, 0.15) is 11.4 Å². The van der Waals surface area contributed by atoms with E-state index in [1.807, 2.05) is 37.3 Å². The van der Waals surface area contributed by atoms with Crippen LogP contribution in [0.1, 0.15) is 5.56 Å². The summed E-state index contributed by atoms with van der Waals surface area (Å²) in [6.45, 7) is 2.00. The van der Waals surface area contributed by atoms with Gasteiger partial charge in [0.25, 0.3) is 0 Å². The molecule has 0 saturated heterocycles. The summed E-state index contributed by atoms with van der Waals surface area (Å²) in [5, 5.41) is 4.10. The van der Waals surface area contributed by atoms with E-state index in [9.17, 15) is 0 Å². The number of rotatable bonds is 3. The first kappa shape index (κ1) is 14.2. The highest BCUT2D eigenvalue weighted by molar-refractivity contribution is 9.11. The quantitative estimate of drug-likeness (QED) is 0.729. The van der Waals surface area contributed by atoms with Crippen LogP contribution >= 0.6 is 27.3 Å². The van der Waals surface area contributed by atoms with Crippen molar-refractivity contribution >= 4 is 33.2 Å². The van der Waals surface area contributed by atoms with Gasteiger partial charge in [0.15, 0.2) is 0 Å². The van der Waals surface area contributed by atoms with Crippen LogP contribution in [0, 0.1) is 6.92 Å². The summed E-state index contributed by atoms with van der Waals surface area (Å²) in [6, 6.07) is 9.90. The van der Waals surface area contributed by atoms with Crippen molar-refractivity contribution in [2.75, 3.05) is 12.8 Å². The third-order valence-corrected chi connectivity index (χ3v) is 4.85. The number of thiophene rings is 1. The van der Waals surface area contributed by atoms with Crippen molar-refractivity contribution in [1.29, 1.82) is 0 Å². The van der Waals surface area contributed by atoms with Crippen LogP contribution in [0.5, 0.6) is 5.75 Å². The zero-order valence-electron chi connectivity index (χ0n) is 11.5. The van der Waals surface area contributed by atoms with Crippen molar-refractivity contribution in [2.24, 2.45) is 0 Å². The Bertz CT molecular complexity index is 795. The number of benzene rings is 1. The van der Waals surface area contributed by atoms with Gasteiger partial charge in [-0.3, -0.25) is 0 Å². The van der Waals surface area contributed by atoms with Crippen molar-refractivity contribution in [2.45, 2.75) is 6.92 Å². The van der Waals surface area contributed by atoms with Crippen molar-refractivity contribution in [1.82, 2.24) is 5.16 Å². The minimum absolute atomic E-state index is 0.306. The van der Waals surface area contributed by atoms with E-state index < -0.39 is 0 Å². The fourth-order valence-electron chi connectivity index (χ4n) is 2.17. The lowest BCUT2D eigenvalue weighted by atomic mass is 10.0.